The lowest BCUT2D eigenvalue weighted by Crippen LogP contribution is -2.44. The molecule has 17 heavy (non-hydrogen) atoms. The number of ether oxygens (including phenoxy) is 1. The molecule has 0 bridgehead atoms. The first-order valence-corrected chi connectivity index (χ1v) is 6.11. The second-order valence-corrected chi connectivity index (χ2v) is 4.89. The Morgan fingerprint density at radius 2 is 2.35 bits per heavy atom. The third-order valence-corrected chi connectivity index (χ3v) is 3.32. The fourth-order valence-corrected chi connectivity index (χ4v) is 2.23. The number of aromatic nitrogens is 2. The van der Waals surface area contributed by atoms with E-state index in [4.69, 9.17) is 5.11 Å². The van der Waals surface area contributed by atoms with Gasteiger partial charge in [-0.25, -0.2) is 13.4 Å². The third kappa shape index (κ3) is 3.25. The molecule has 1 unspecified atom stereocenters. The van der Waals surface area contributed by atoms with E-state index in [9.17, 15) is 13.2 Å². The minimum Gasteiger partial charge on any atom is -0.468 e. The van der Waals surface area contributed by atoms with Gasteiger partial charge >= 0.3 is 5.97 Å². The standard InChI is InChI=1S/C8H13N3O5S/c1-5-9-3-7(10-5)17(14,15)11-6(4-12)8(13)16-2/h3,6,11-12H,4H2,1-2H3,(H,9,10). The Morgan fingerprint density at radius 3 is 2.76 bits per heavy atom. The molecule has 0 aliphatic rings. The predicted octanol–water partition coefficient (Wildman–Crippen LogP) is -1.47. The molecule has 1 rings (SSSR count). The van der Waals surface area contributed by atoms with Crippen LogP contribution in [0.3, 0.4) is 0 Å². The minimum atomic E-state index is -3.93. The van der Waals surface area contributed by atoms with Crippen molar-refractivity contribution in [2.75, 3.05) is 13.7 Å². The molecule has 0 saturated carbocycles. The molecule has 0 aliphatic heterocycles. The smallest absolute Gasteiger partial charge is 0.326 e. The second-order valence-electron chi connectivity index (χ2n) is 3.21. The summed E-state index contributed by atoms with van der Waals surface area (Å²) in [6.45, 7) is 0.891. The van der Waals surface area contributed by atoms with Crippen LogP contribution in [-0.4, -0.2) is 49.2 Å². The number of carbonyl (C=O) groups is 1. The zero-order chi connectivity index (χ0) is 13.1. The Bertz CT molecular complexity index is 495. The first-order valence-electron chi connectivity index (χ1n) is 4.63. The Hall–Kier alpha value is -1.45. The summed E-state index contributed by atoms with van der Waals surface area (Å²) in [6.07, 6.45) is 1.11. The highest BCUT2D eigenvalue weighted by atomic mass is 32.2. The number of H-pyrrole nitrogens is 1. The van der Waals surface area contributed by atoms with Gasteiger partial charge in [-0.05, 0) is 6.92 Å². The monoisotopic (exact) mass is 263 g/mol. The fourth-order valence-electron chi connectivity index (χ4n) is 1.09. The fraction of sp³-hybridized carbons (Fsp3) is 0.500. The van der Waals surface area contributed by atoms with E-state index in [1.54, 1.807) is 6.92 Å². The molecule has 8 nitrogen and oxygen atoms in total. The number of carbonyl (C=O) groups excluding carboxylic acids is 1. The predicted molar refractivity (Wildman–Crippen MR) is 56.5 cm³/mol. The first-order chi connectivity index (χ1) is 7.90. The maximum Gasteiger partial charge on any atom is 0.326 e. The highest BCUT2D eigenvalue weighted by Gasteiger charge is 2.26. The number of esters is 1. The van der Waals surface area contributed by atoms with Gasteiger partial charge in [0.25, 0.3) is 10.0 Å². The Balaban J connectivity index is 2.89. The molecule has 1 heterocycles. The molecular formula is C8H13N3O5S. The van der Waals surface area contributed by atoms with Gasteiger partial charge in [-0.1, -0.05) is 0 Å². The van der Waals surface area contributed by atoms with Crippen molar-refractivity contribution >= 4 is 16.0 Å². The van der Waals surface area contributed by atoms with Gasteiger partial charge in [0, 0.05) is 0 Å². The Morgan fingerprint density at radius 1 is 1.71 bits per heavy atom. The van der Waals surface area contributed by atoms with Crippen molar-refractivity contribution in [1.82, 2.24) is 14.7 Å². The van der Waals surface area contributed by atoms with Crippen LogP contribution in [0.4, 0.5) is 0 Å². The van der Waals surface area contributed by atoms with E-state index in [0.29, 0.717) is 5.82 Å². The Labute approximate surface area is 98.1 Å². The van der Waals surface area contributed by atoms with Crippen molar-refractivity contribution in [3.63, 3.8) is 0 Å². The highest BCUT2D eigenvalue weighted by molar-refractivity contribution is 7.89. The number of imidazole rings is 1. The van der Waals surface area contributed by atoms with Crippen LogP contribution in [0, 0.1) is 6.92 Å². The maximum atomic E-state index is 11.7. The molecule has 1 aromatic heterocycles. The van der Waals surface area contributed by atoms with Crippen LogP contribution >= 0.6 is 0 Å². The molecule has 0 fully saturated rings. The molecule has 0 radical (unpaired) electrons. The number of nitrogens with one attached hydrogen (secondary N) is 2. The zero-order valence-electron chi connectivity index (χ0n) is 9.30. The quantitative estimate of drug-likeness (QED) is 0.558. The summed E-state index contributed by atoms with van der Waals surface area (Å²) >= 11 is 0. The molecule has 0 amide bonds. The molecule has 96 valence electrons. The van der Waals surface area contributed by atoms with Crippen LogP contribution < -0.4 is 4.72 Å². The van der Waals surface area contributed by atoms with Crippen molar-refractivity contribution in [3.05, 3.63) is 12.0 Å². The number of rotatable bonds is 5. The SMILES string of the molecule is COC(=O)C(CO)NS(=O)(=O)c1cnc(C)[nH]1. The van der Waals surface area contributed by atoms with E-state index >= 15 is 0 Å². The van der Waals surface area contributed by atoms with Crippen molar-refractivity contribution in [1.29, 1.82) is 0 Å². The lowest BCUT2D eigenvalue weighted by molar-refractivity contribution is -0.143. The van der Waals surface area contributed by atoms with Gasteiger partial charge in [-0.2, -0.15) is 4.72 Å². The molecule has 0 spiro atoms. The van der Waals surface area contributed by atoms with Crippen LogP contribution in [0.15, 0.2) is 11.2 Å². The van der Waals surface area contributed by atoms with Crippen LogP contribution in [0.5, 0.6) is 0 Å². The topological polar surface area (TPSA) is 121 Å². The number of hydrogen-bond donors (Lipinski definition) is 3. The molecule has 3 N–H and O–H groups in total. The molecule has 0 saturated heterocycles. The number of aromatic amines is 1. The van der Waals surface area contributed by atoms with Crippen LogP contribution in [-0.2, 0) is 19.6 Å². The minimum absolute atomic E-state index is 0.183. The van der Waals surface area contributed by atoms with Gasteiger partial charge in [-0.3, -0.25) is 4.79 Å². The van der Waals surface area contributed by atoms with E-state index in [2.05, 4.69) is 14.7 Å². The molecule has 0 aliphatic carbocycles. The average Bonchev–Trinajstić information content (AvgIpc) is 2.72. The average molecular weight is 263 g/mol. The summed E-state index contributed by atoms with van der Waals surface area (Å²) in [7, 11) is -2.84. The van der Waals surface area contributed by atoms with Crippen molar-refractivity contribution < 1.29 is 23.1 Å². The number of sulfonamides is 1. The molecule has 9 heteroatoms. The lowest BCUT2D eigenvalue weighted by Gasteiger charge is -2.12. The van der Waals surface area contributed by atoms with Crippen LogP contribution in [0.1, 0.15) is 5.82 Å². The molecule has 0 aromatic carbocycles. The number of nitrogens with zero attached hydrogens (tertiary/aromatic N) is 1. The summed E-state index contributed by atoms with van der Waals surface area (Å²) in [5.74, 6) is -0.448. The van der Waals surface area contributed by atoms with Gasteiger partial charge in [0.15, 0.2) is 5.03 Å². The first kappa shape index (κ1) is 13.6. The number of aliphatic hydroxyl groups is 1. The van der Waals surface area contributed by atoms with Gasteiger partial charge in [-0.15, -0.1) is 0 Å². The Kier molecular flexibility index (Phi) is 4.21. The van der Waals surface area contributed by atoms with E-state index < -0.39 is 28.6 Å². The molecular weight excluding hydrogens is 250 g/mol. The maximum absolute atomic E-state index is 11.7. The summed E-state index contributed by atoms with van der Waals surface area (Å²) in [4.78, 5) is 17.4. The number of hydrogen-bond acceptors (Lipinski definition) is 6. The third-order valence-electron chi connectivity index (χ3n) is 1.93. The second kappa shape index (κ2) is 5.25. The summed E-state index contributed by atoms with van der Waals surface area (Å²) < 4.78 is 29.8. The van der Waals surface area contributed by atoms with Gasteiger partial charge in [0.2, 0.25) is 0 Å². The van der Waals surface area contributed by atoms with Crippen molar-refractivity contribution in [2.45, 2.75) is 18.0 Å². The van der Waals surface area contributed by atoms with Crippen molar-refractivity contribution in [3.8, 4) is 0 Å². The highest BCUT2D eigenvalue weighted by Crippen LogP contribution is 2.06. The summed E-state index contributed by atoms with van der Waals surface area (Å²) in [5.41, 5.74) is 0. The summed E-state index contributed by atoms with van der Waals surface area (Å²) in [5, 5.41) is 8.71. The number of methoxy groups -OCH3 is 1. The van der Waals surface area contributed by atoms with Crippen LogP contribution in [0.2, 0.25) is 0 Å². The van der Waals surface area contributed by atoms with E-state index in [1.165, 1.54) is 0 Å². The zero-order valence-corrected chi connectivity index (χ0v) is 10.1. The summed E-state index contributed by atoms with van der Waals surface area (Å²) in [6, 6.07) is -1.34. The van der Waals surface area contributed by atoms with Crippen LogP contribution in [0.25, 0.3) is 0 Å². The largest absolute Gasteiger partial charge is 0.468 e. The molecule has 1 atom stereocenters. The van der Waals surface area contributed by atoms with Gasteiger partial charge in [0.1, 0.15) is 11.9 Å². The van der Waals surface area contributed by atoms with Gasteiger partial charge < -0.3 is 14.8 Å². The van der Waals surface area contributed by atoms with E-state index in [-0.39, 0.29) is 5.03 Å². The van der Waals surface area contributed by atoms with Gasteiger partial charge in [0.05, 0.1) is 19.9 Å². The number of aryl methyl sites for hydroxylation is 1. The normalized spacial score (nSPS) is 13.4. The van der Waals surface area contributed by atoms with Crippen molar-refractivity contribution in [2.24, 2.45) is 0 Å². The van der Waals surface area contributed by atoms with E-state index in [1.807, 2.05) is 4.72 Å². The lowest BCUT2D eigenvalue weighted by atomic mass is 10.3. The molecule has 1 aromatic rings. The van der Waals surface area contributed by atoms with E-state index in [0.717, 1.165) is 13.3 Å². The number of aliphatic hydroxyl groups excluding tert-OH is 1.